The normalized spacial score (nSPS) is 18.6. The second-order valence-electron chi connectivity index (χ2n) is 6.35. The summed E-state index contributed by atoms with van der Waals surface area (Å²) in [7, 11) is 0. The topological polar surface area (TPSA) is 142 Å². The predicted molar refractivity (Wildman–Crippen MR) is 90.1 cm³/mol. The fourth-order valence-corrected chi connectivity index (χ4v) is 2.09. The number of rotatable bonds is 10. The number of carbonyl (C=O) groups is 3. The zero-order chi connectivity index (χ0) is 19.0. The van der Waals surface area contributed by atoms with Crippen LogP contribution in [0.4, 0.5) is 0 Å². The lowest BCUT2D eigenvalue weighted by molar-refractivity contribution is -0.144. The van der Waals surface area contributed by atoms with Crippen LogP contribution in [0, 0.1) is 11.8 Å². The monoisotopic (exact) mass is 345 g/mol. The summed E-state index contributed by atoms with van der Waals surface area (Å²) >= 11 is 0. The van der Waals surface area contributed by atoms with Crippen molar-refractivity contribution < 1.29 is 24.6 Å². The van der Waals surface area contributed by atoms with E-state index in [1.54, 1.807) is 6.92 Å². The van der Waals surface area contributed by atoms with Crippen molar-refractivity contribution in [3.8, 4) is 0 Å². The second kappa shape index (κ2) is 10.2. The summed E-state index contributed by atoms with van der Waals surface area (Å²) in [5.74, 6) is -2.85. The van der Waals surface area contributed by atoms with Crippen molar-refractivity contribution in [3.63, 3.8) is 0 Å². The number of amides is 2. The molecule has 0 aliphatic rings. The summed E-state index contributed by atoms with van der Waals surface area (Å²) in [5.41, 5.74) is 5.82. The van der Waals surface area contributed by atoms with Gasteiger partial charge in [-0.25, -0.2) is 4.79 Å². The number of carboxylic acids is 1. The van der Waals surface area contributed by atoms with Gasteiger partial charge >= 0.3 is 5.97 Å². The quantitative estimate of drug-likeness (QED) is 0.372. The van der Waals surface area contributed by atoms with Gasteiger partial charge in [0.1, 0.15) is 12.1 Å². The summed E-state index contributed by atoms with van der Waals surface area (Å²) in [5, 5.41) is 23.8. The van der Waals surface area contributed by atoms with Crippen LogP contribution in [0.3, 0.4) is 0 Å². The van der Waals surface area contributed by atoms with Gasteiger partial charge in [0.05, 0.1) is 12.1 Å². The Kier molecular flexibility index (Phi) is 9.53. The first-order chi connectivity index (χ1) is 11.1. The molecule has 0 fully saturated rings. The van der Waals surface area contributed by atoms with Crippen molar-refractivity contribution >= 4 is 17.8 Å². The SMILES string of the molecule is CCC(C)C(N)C(=O)NC(C(=O)NC(C(=O)O)C(C)CC)C(C)O. The van der Waals surface area contributed by atoms with Gasteiger partial charge in [-0.15, -0.1) is 0 Å². The van der Waals surface area contributed by atoms with Crippen molar-refractivity contribution in [2.45, 2.75) is 71.7 Å². The minimum atomic E-state index is -1.27. The molecule has 0 aliphatic heterocycles. The molecule has 8 heteroatoms. The van der Waals surface area contributed by atoms with Gasteiger partial charge in [0.2, 0.25) is 11.8 Å². The summed E-state index contributed by atoms with van der Waals surface area (Å²) in [6.07, 6.45) is 0.0568. The molecule has 8 nitrogen and oxygen atoms in total. The lowest BCUT2D eigenvalue weighted by Gasteiger charge is -2.27. The number of hydrogen-bond acceptors (Lipinski definition) is 5. The highest BCUT2D eigenvalue weighted by Gasteiger charge is 2.33. The number of aliphatic carboxylic acids is 1. The number of carbonyl (C=O) groups excluding carboxylic acids is 2. The Morgan fingerprint density at radius 1 is 0.917 bits per heavy atom. The van der Waals surface area contributed by atoms with E-state index in [0.29, 0.717) is 12.8 Å². The third-order valence-electron chi connectivity index (χ3n) is 4.40. The van der Waals surface area contributed by atoms with Gasteiger partial charge in [-0.2, -0.15) is 0 Å². The molecule has 0 saturated heterocycles. The van der Waals surface area contributed by atoms with Crippen molar-refractivity contribution in [2.75, 3.05) is 0 Å². The van der Waals surface area contributed by atoms with Gasteiger partial charge in [0, 0.05) is 0 Å². The highest BCUT2D eigenvalue weighted by atomic mass is 16.4. The molecule has 2 amide bonds. The lowest BCUT2D eigenvalue weighted by Crippen LogP contribution is -2.59. The minimum absolute atomic E-state index is 0.0883. The van der Waals surface area contributed by atoms with Gasteiger partial charge in [0.15, 0.2) is 0 Å². The predicted octanol–water partition coefficient (Wildman–Crippen LogP) is -0.159. The van der Waals surface area contributed by atoms with Crippen LogP contribution in [-0.4, -0.2) is 52.2 Å². The molecule has 6 atom stereocenters. The van der Waals surface area contributed by atoms with E-state index >= 15 is 0 Å². The number of nitrogens with one attached hydrogen (secondary N) is 2. The first-order valence-corrected chi connectivity index (χ1v) is 8.33. The molecule has 0 aromatic rings. The van der Waals surface area contributed by atoms with Crippen LogP contribution in [-0.2, 0) is 14.4 Å². The van der Waals surface area contributed by atoms with Gasteiger partial charge in [-0.05, 0) is 18.8 Å². The van der Waals surface area contributed by atoms with Crippen LogP contribution in [0.2, 0.25) is 0 Å². The van der Waals surface area contributed by atoms with E-state index in [9.17, 15) is 24.6 Å². The smallest absolute Gasteiger partial charge is 0.326 e. The Hall–Kier alpha value is -1.67. The third kappa shape index (κ3) is 6.45. The largest absolute Gasteiger partial charge is 0.480 e. The Bertz CT molecular complexity index is 441. The molecule has 140 valence electrons. The Morgan fingerprint density at radius 3 is 1.75 bits per heavy atom. The number of aliphatic hydroxyl groups is 1. The Labute approximate surface area is 143 Å². The molecule has 0 aliphatic carbocycles. The van der Waals surface area contributed by atoms with Crippen LogP contribution in [0.25, 0.3) is 0 Å². The van der Waals surface area contributed by atoms with E-state index in [-0.39, 0.29) is 11.8 Å². The minimum Gasteiger partial charge on any atom is -0.480 e. The molecule has 0 radical (unpaired) electrons. The molecular formula is C16H31N3O5. The molecule has 0 spiro atoms. The summed E-state index contributed by atoms with van der Waals surface area (Å²) in [4.78, 5) is 35.8. The van der Waals surface area contributed by atoms with E-state index in [0.717, 1.165) is 0 Å². The molecule has 24 heavy (non-hydrogen) atoms. The summed E-state index contributed by atoms with van der Waals surface area (Å²) < 4.78 is 0. The Balaban J connectivity index is 5.08. The van der Waals surface area contributed by atoms with Gasteiger partial charge in [0.25, 0.3) is 0 Å². The number of nitrogens with two attached hydrogens (primary N) is 1. The van der Waals surface area contributed by atoms with E-state index in [1.807, 2.05) is 20.8 Å². The number of aliphatic hydroxyl groups excluding tert-OH is 1. The molecule has 6 N–H and O–H groups in total. The van der Waals surface area contributed by atoms with Crippen LogP contribution in [0.15, 0.2) is 0 Å². The van der Waals surface area contributed by atoms with Crippen molar-refractivity contribution in [2.24, 2.45) is 17.6 Å². The fourth-order valence-electron chi connectivity index (χ4n) is 2.09. The molecular weight excluding hydrogens is 314 g/mol. The zero-order valence-electron chi connectivity index (χ0n) is 15.1. The number of carboxylic acid groups (broad SMARTS) is 1. The number of hydrogen-bond donors (Lipinski definition) is 5. The first kappa shape index (κ1) is 22.3. The highest BCUT2D eigenvalue weighted by Crippen LogP contribution is 2.10. The molecule has 0 aromatic heterocycles. The maximum absolute atomic E-state index is 12.3. The van der Waals surface area contributed by atoms with Crippen LogP contribution >= 0.6 is 0 Å². The maximum Gasteiger partial charge on any atom is 0.326 e. The second-order valence-corrected chi connectivity index (χ2v) is 6.35. The lowest BCUT2D eigenvalue weighted by atomic mass is 9.97. The van der Waals surface area contributed by atoms with Gasteiger partial charge < -0.3 is 26.6 Å². The summed E-state index contributed by atoms with van der Waals surface area (Å²) in [6, 6.07) is -3.17. The zero-order valence-corrected chi connectivity index (χ0v) is 15.1. The average Bonchev–Trinajstić information content (AvgIpc) is 2.53. The third-order valence-corrected chi connectivity index (χ3v) is 4.40. The van der Waals surface area contributed by atoms with E-state index in [2.05, 4.69) is 10.6 Å². The van der Waals surface area contributed by atoms with Crippen molar-refractivity contribution in [1.82, 2.24) is 10.6 Å². The van der Waals surface area contributed by atoms with Gasteiger partial charge in [-0.1, -0.05) is 40.5 Å². The van der Waals surface area contributed by atoms with Crippen LogP contribution < -0.4 is 16.4 Å². The summed E-state index contributed by atoms with van der Waals surface area (Å²) in [6.45, 7) is 8.56. The van der Waals surface area contributed by atoms with Crippen LogP contribution in [0.1, 0.15) is 47.5 Å². The van der Waals surface area contributed by atoms with Crippen LogP contribution in [0.5, 0.6) is 0 Å². The molecule has 0 bridgehead atoms. The molecule has 0 heterocycles. The van der Waals surface area contributed by atoms with E-state index in [4.69, 9.17) is 5.73 Å². The van der Waals surface area contributed by atoms with E-state index in [1.165, 1.54) is 6.92 Å². The fraction of sp³-hybridized carbons (Fsp3) is 0.812. The molecule has 6 unspecified atom stereocenters. The first-order valence-electron chi connectivity index (χ1n) is 8.33. The van der Waals surface area contributed by atoms with Crippen molar-refractivity contribution in [1.29, 1.82) is 0 Å². The molecule has 0 aromatic carbocycles. The van der Waals surface area contributed by atoms with Gasteiger partial charge in [-0.3, -0.25) is 9.59 Å². The standard InChI is InChI=1S/C16H31N3O5/c1-6-8(3)11(17)14(21)19-13(10(5)20)15(22)18-12(16(23)24)9(4)7-2/h8-13,20H,6-7,17H2,1-5H3,(H,18,22)(H,19,21)(H,23,24). The highest BCUT2D eigenvalue weighted by molar-refractivity contribution is 5.92. The average molecular weight is 345 g/mol. The molecule has 0 rings (SSSR count). The maximum atomic E-state index is 12.3. The Morgan fingerprint density at radius 2 is 1.38 bits per heavy atom. The van der Waals surface area contributed by atoms with Crippen molar-refractivity contribution in [3.05, 3.63) is 0 Å². The molecule has 0 saturated carbocycles. The van der Waals surface area contributed by atoms with E-state index < -0.39 is 42.0 Å².